The molecule has 1 N–H and O–H groups in total. The summed E-state index contributed by atoms with van der Waals surface area (Å²) < 4.78 is 5.66. The summed E-state index contributed by atoms with van der Waals surface area (Å²) in [5.41, 5.74) is 7.16. The van der Waals surface area contributed by atoms with Gasteiger partial charge < -0.3 is 15.0 Å². The molecule has 5 heteroatoms. The molecular weight excluding hydrogens is 446 g/mol. The smallest absolute Gasteiger partial charge is 0.321 e. The maximum absolute atomic E-state index is 13.2. The average molecular weight is 484 g/mol. The van der Waals surface area contributed by atoms with Gasteiger partial charge in [0.25, 0.3) is 0 Å². The molecule has 3 aromatic carbocycles. The summed E-state index contributed by atoms with van der Waals surface area (Å²) in [6, 6.07) is 26.2. The summed E-state index contributed by atoms with van der Waals surface area (Å²) in [5.74, 6) is 0.337. The molecule has 0 bridgehead atoms. The van der Waals surface area contributed by atoms with Crippen molar-refractivity contribution in [2.45, 2.75) is 44.7 Å². The van der Waals surface area contributed by atoms with Crippen LogP contribution in [0.15, 0.2) is 72.8 Å². The van der Waals surface area contributed by atoms with Crippen LogP contribution in [0.4, 0.5) is 10.5 Å². The monoisotopic (exact) mass is 483 g/mol. The van der Waals surface area contributed by atoms with E-state index in [9.17, 15) is 4.79 Å². The number of amides is 2. The number of nitrogens with one attached hydrogen (secondary N) is 1. The molecule has 2 aliphatic rings. The molecule has 3 aromatic rings. The van der Waals surface area contributed by atoms with Crippen LogP contribution < -0.4 is 5.32 Å². The van der Waals surface area contributed by atoms with Crippen LogP contribution in [0, 0.1) is 13.8 Å². The maximum atomic E-state index is 13.2. The molecule has 2 aliphatic heterocycles. The molecular formula is C31H37N3O2. The van der Waals surface area contributed by atoms with Crippen LogP contribution in [0.5, 0.6) is 0 Å². The van der Waals surface area contributed by atoms with Crippen molar-refractivity contribution in [1.82, 2.24) is 9.80 Å². The van der Waals surface area contributed by atoms with Crippen molar-refractivity contribution in [1.29, 1.82) is 0 Å². The fraction of sp³-hybridized carbons (Fsp3) is 0.387. The van der Waals surface area contributed by atoms with Gasteiger partial charge in [-0.3, -0.25) is 4.90 Å². The van der Waals surface area contributed by atoms with Gasteiger partial charge in [-0.25, -0.2) is 4.79 Å². The van der Waals surface area contributed by atoms with Crippen LogP contribution >= 0.6 is 0 Å². The summed E-state index contributed by atoms with van der Waals surface area (Å²) in [6.07, 6.45) is 2.10. The Morgan fingerprint density at radius 3 is 2.39 bits per heavy atom. The van der Waals surface area contributed by atoms with E-state index in [1.807, 2.05) is 29.2 Å². The van der Waals surface area contributed by atoms with Crippen molar-refractivity contribution < 1.29 is 9.53 Å². The van der Waals surface area contributed by atoms with Crippen LogP contribution in [0.3, 0.4) is 0 Å². The Hall–Kier alpha value is -3.15. The third-order valence-electron chi connectivity index (χ3n) is 7.86. The van der Waals surface area contributed by atoms with Gasteiger partial charge in [-0.2, -0.15) is 0 Å². The van der Waals surface area contributed by atoms with E-state index in [4.69, 9.17) is 4.74 Å². The second kappa shape index (κ2) is 10.9. The third-order valence-corrected chi connectivity index (χ3v) is 7.86. The number of aryl methyl sites for hydroxylation is 2. The lowest BCUT2D eigenvalue weighted by molar-refractivity contribution is -0.0663. The normalized spacial score (nSPS) is 22.2. The van der Waals surface area contributed by atoms with E-state index in [2.05, 4.69) is 72.6 Å². The van der Waals surface area contributed by atoms with Crippen LogP contribution in [0.25, 0.3) is 11.1 Å². The van der Waals surface area contributed by atoms with E-state index in [1.54, 1.807) is 7.11 Å². The van der Waals surface area contributed by atoms with E-state index < -0.39 is 0 Å². The lowest BCUT2D eigenvalue weighted by atomic mass is 9.74. The van der Waals surface area contributed by atoms with E-state index in [-0.39, 0.29) is 6.03 Å². The van der Waals surface area contributed by atoms with E-state index in [0.717, 1.165) is 38.2 Å². The van der Waals surface area contributed by atoms with Crippen LogP contribution in [-0.4, -0.2) is 61.3 Å². The first-order valence-corrected chi connectivity index (χ1v) is 13.1. The third kappa shape index (κ3) is 5.04. The Morgan fingerprint density at radius 1 is 0.944 bits per heavy atom. The standard InChI is InChI=1S/C31H37N3O2/c1-22-10-16-26(17-11-22)32-31(35)33-18-6-7-19-34-28(20-33)30(29(34)21-36-3)25-14-12-24(13-15-25)27-9-5-4-8-23(27)2/h4-5,8-17,28-30H,6-7,18-21H2,1-3H3,(H,32,35)/t28-,29+,30+/m0/s1. The first-order valence-electron chi connectivity index (χ1n) is 13.1. The minimum Gasteiger partial charge on any atom is -0.383 e. The second-order valence-corrected chi connectivity index (χ2v) is 10.2. The Balaban J connectivity index is 1.36. The molecule has 0 aliphatic carbocycles. The summed E-state index contributed by atoms with van der Waals surface area (Å²) in [6.45, 7) is 7.49. The number of carbonyl (C=O) groups is 1. The number of hydrogen-bond acceptors (Lipinski definition) is 3. The highest BCUT2D eigenvalue weighted by atomic mass is 16.5. The molecule has 36 heavy (non-hydrogen) atoms. The highest BCUT2D eigenvalue weighted by molar-refractivity contribution is 5.89. The highest BCUT2D eigenvalue weighted by Gasteiger charge is 2.49. The summed E-state index contributed by atoms with van der Waals surface area (Å²) in [5, 5.41) is 3.11. The maximum Gasteiger partial charge on any atom is 0.321 e. The fourth-order valence-electron chi connectivity index (χ4n) is 5.90. The van der Waals surface area contributed by atoms with Gasteiger partial charge in [0.05, 0.1) is 6.61 Å². The van der Waals surface area contributed by atoms with E-state index in [1.165, 1.54) is 27.8 Å². The molecule has 2 amide bonds. The van der Waals surface area contributed by atoms with Crippen LogP contribution in [0.1, 0.15) is 35.4 Å². The van der Waals surface area contributed by atoms with Gasteiger partial charge in [0.2, 0.25) is 0 Å². The molecule has 2 saturated heterocycles. The summed E-state index contributed by atoms with van der Waals surface area (Å²) in [7, 11) is 1.79. The first-order chi connectivity index (χ1) is 17.5. The number of urea groups is 1. The molecule has 188 valence electrons. The van der Waals surface area contributed by atoms with E-state index >= 15 is 0 Å². The number of rotatable bonds is 5. The minimum absolute atomic E-state index is 0.00968. The predicted octanol–water partition coefficient (Wildman–Crippen LogP) is 6.08. The van der Waals surface area contributed by atoms with Crippen LogP contribution in [0.2, 0.25) is 0 Å². The van der Waals surface area contributed by atoms with Gasteiger partial charge in [0.1, 0.15) is 0 Å². The molecule has 3 atom stereocenters. The molecule has 0 radical (unpaired) electrons. The number of methoxy groups -OCH3 is 1. The Bertz CT molecular complexity index is 1180. The number of benzene rings is 3. The quantitative estimate of drug-likeness (QED) is 0.478. The number of nitrogens with zero attached hydrogens (tertiary/aromatic N) is 2. The number of fused-ring (bicyclic) bond motifs is 1. The van der Waals surface area contributed by atoms with Gasteiger partial charge in [0, 0.05) is 43.9 Å². The molecule has 5 rings (SSSR count). The summed E-state index contributed by atoms with van der Waals surface area (Å²) >= 11 is 0. The van der Waals surface area contributed by atoms with Crippen LogP contribution in [-0.2, 0) is 4.74 Å². The van der Waals surface area contributed by atoms with Crippen molar-refractivity contribution in [2.24, 2.45) is 0 Å². The largest absolute Gasteiger partial charge is 0.383 e. The number of hydrogen-bond donors (Lipinski definition) is 1. The number of carbonyl (C=O) groups excluding carboxylic acids is 1. The molecule has 0 unspecified atom stereocenters. The van der Waals surface area contributed by atoms with Crippen molar-refractivity contribution in [3.8, 4) is 11.1 Å². The molecule has 0 saturated carbocycles. The Morgan fingerprint density at radius 2 is 1.67 bits per heavy atom. The van der Waals surface area contributed by atoms with Gasteiger partial charge in [0.15, 0.2) is 0 Å². The Labute approximate surface area is 215 Å². The van der Waals surface area contributed by atoms with Crippen molar-refractivity contribution in [2.75, 3.05) is 38.7 Å². The van der Waals surface area contributed by atoms with Crippen molar-refractivity contribution >= 4 is 11.7 Å². The fourth-order valence-corrected chi connectivity index (χ4v) is 5.90. The van der Waals surface area contributed by atoms with Gasteiger partial charge in [-0.1, -0.05) is 66.2 Å². The predicted molar refractivity (Wildman–Crippen MR) is 147 cm³/mol. The topological polar surface area (TPSA) is 44.8 Å². The SMILES string of the molecule is COC[C@@H]1[C@H](c2ccc(-c3ccccc3C)cc2)[C@@H]2CN(C(=O)Nc3ccc(C)cc3)CCCCN12. The van der Waals surface area contributed by atoms with Gasteiger partial charge in [-0.15, -0.1) is 0 Å². The zero-order valence-electron chi connectivity index (χ0n) is 21.6. The average Bonchev–Trinajstić information content (AvgIpc) is 2.87. The van der Waals surface area contributed by atoms with Crippen molar-refractivity contribution in [3.63, 3.8) is 0 Å². The van der Waals surface area contributed by atoms with Gasteiger partial charge >= 0.3 is 6.03 Å². The molecule has 2 fully saturated rings. The zero-order valence-corrected chi connectivity index (χ0v) is 21.6. The van der Waals surface area contributed by atoms with Gasteiger partial charge in [-0.05, 0) is 67.6 Å². The Kier molecular flexibility index (Phi) is 7.40. The number of ether oxygens (including phenoxy) is 1. The lowest BCUT2D eigenvalue weighted by Crippen LogP contribution is -2.68. The molecule has 0 spiro atoms. The second-order valence-electron chi connectivity index (χ2n) is 10.2. The number of anilines is 1. The molecule has 2 heterocycles. The zero-order chi connectivity index (χ0) is 25.1. The lowest BCUT2D eigenvalue weighted by Gasteiger charge is -2.57. The molecule has 0 aromatic heterocycles. The first kappa shape index (κ1) is 24.5. The highest BCUT2D eigenvalue weighted by Crippen LogP contribution is 2.42. The van der Waals surface area contributed by atoms with E-state index in [0.29, 0.717) is 24.6 Å². The summed E-state index contributed by atoms with van der Waals surface area (Å²) in [4.78, 5) is 17.8. The minimum atomic E-state index is -0.00968. The molecule has 5 nitrogen and oxygen atoms in total. The van der Waals surface area contributed by atoms with Crippen molar-refractivity contribution in [3.05, 3.63) is 89.5 Å².